The number of Topliss-reactive ketones (excluding diaryl/α,β-unsaturated/α-hetero) is 1. The average molecular weight is 400 g/mol. The number of carbonyl (C=O) groups excluding carboxylic acids is 2. The fourth-order valence-corrected chi connectivity index (χ4v) is 3.45. The van der Waals surface area contributed by atoms with Crippen LogP contribution in [-0.4, -0.2) is 45.3 Å². The normalized spacial score (nSPS) is 11.0. The number of amides is 1. The van der Waals surface area contributed by atoms with Crippen molar-refractivity contribution in [2.75, 3.05) is 14.1 Å². The van der Waals surface area contributed by atoms with E-state index in [2.05, 4.69) is 4.98 Å². The van der Waals surface area contributed by atoms with Crippen molar-refractivity contribution in [3.8, 4) is 5.75 Å². The van der Waals surface area contributed by atoms with Gasteiger partial charge in [0.2, 0.25) is 0 Å². The van der Waals surface area contributed by atoms with Crippen LogP contribution in [-0.2, 0) is 13.5 Å². The van der Waals surface area contributed by atoms with Gasteiger partial charge in [0.1, 0.15) is 17.1 Å². The third-order valence-electron chi connectivity index (χ3n) is 4.89. The van der Waals surface area contributed by atoms with E-state index >= 15 is 0 Å². The van der Waals surface area contributed by atoms with E-state index in [9.17, 15) is 14.7 Å². The Balaban J connectivity index is 2.04. The number of ketones is 1. The standard InChI is InChI=1S/C21H22ClN3O3/c1-12-23-19-17(25(12)4)11-15(21(28)24(2)3)13(20(19)27)9-10-18(26)14-7-5-6-8-16(14)22/h5-8,11,27H,9-10H2,1-4H3. The molecular weight excluding hydrogens is 378 g/mol. The van der Waals surface area contributed by atoms with Gasteiger partial charge in [0.25, 0.3) is 5.91 Å². The molecule has 3 aromatic rings. The number of carbonyl (C=O) groups is 2. The summed E-state index contributed by atoms with van der Waals surface area (Å²) in [7, 11) is 5.13. The number of phenolic OH excluding ortho intramolecular Hbond substituents is 1. The zero-order chi connectivity index (χ0) is 20.6. The van der Waals surface area contributed by atoms with Crippen LogP contribution >= 0.6 is 11.6 Å². The zero-order valence-electron chi connectivity index (χ0n) is 16.3. The van der Waals surface area contributed by atoms with E-state index in [0.29, 0.717) is 32.7 Å². The highest BCUT2D eigenvalue weighted by Gasteiger charge is 2.23. The van der Waals surface area contributed by atoms with Gasteiger partial charge < -0.3 is 14.6 Å². The summed E-state index contributed by atoms with van der Waals surface area (Å²) < 4.78 is 1.82. The van der Waals surface area contributed by atoms with Crippen molar-refractivity contribution in [2.24, 2.45) is 7.05 Å². The first-order chi connectivity index (χ1) is 13.2. The van der Waals surface area contributed by atoms with Gasteiger partial charge in [0.15, 0.2) is 5.78 Å². The first kappa shape index (κ1) is 19.9. The quantitative estimate of drug-likeness (QED) is 0.663. The number of aromatic nitrogens is 2. The molecule has 1 aromatic heterocycles. The molecule has 7 heteroatoms. The lowest BCUT2D eigenvalue weighted by molar-refractivity contribution is 0.0825. The number of aromatic hydroxyl groups is 1. The Labute approximate surface area is 168 Å². The Kier molecular flexibility index (Phi) is 5.42. The summed E-state index contributed by atoms with van der Waals surface area (Å²) in [6, 6.07) is 8.57. The van der Waals surface area contributed by atoms with Crippen LogP contribution in [0, 0.1) is 6.92 Å². The summed E-state index contributed by atoms with van der Waals surface area (Å²) in [5.74, 6) is 0.276. The van der Waals surface area contributed by atoms with Gasteiger partial charge >= 0.3 is 0 Å². The van der Waals surface area contributed by atoms with Gasteiger partial charge in [-0.25, -0.2) is 4.98 Å². The molecule has 3 rings (SSSR count). The number of hydrogen-bond acceptors (Lipinski definition) is 4. The molecule has 0 atom stereocenters. The number of rotatable bonds is 5. The number of hydrogen-bond donors (Lipinski definition) is 1. The van der Waals surface area contributed by atoms with E-state index in [1.54, 1.807) is 44.4 Å². The van der Waals surface area contributed by atoms with Gasteiger partial charge in [0, 0.05) is 44.3 Å². The highest BCUT2D eigenvalue weighted by molar-refractivity contribution is 6.33. The maximum Gasteiger partial charge on any atom is 0.253 e. The van der Waals surface area contributed by atoms with Gasteiger partial charge in [-0.2, -0.15) is 0 Å². The molecule has 0 saturated carbocycles. The number of aryl methyl sites for hydroxylation is 2. The Morgan fingerprint density at radius 1 is 1.21 bits per heavy atom. The fraction of sp³-hybridized carbons (Fsp3) is 0.286. The molecule has 1 amide bonds. The van der Waals surface area contributed by atoms with Gasteiger partial charge in [-0.15, -0.1) is 0 Å². The molecule has 1 heterocycles. The van der Waals surface area contributed by atoms with E-state index in [1.807, 2.05) is 18.5 Å². The number of benzene rings is 2. The van der Waals surface area contributed by atoms with Gasteiger partial charge in [-0.1, -0.05) is 23.7 Å². The van der Waals surface area contributed by atoms with E-state index in [-0.39, 0.29) is 30.3 Å². The van der Waals surface area contributed by atoms with Crippen LogP contribution in [0.2, 0.25) is 5.02 Å². The number of halogens is 1. The average Bonchev–Trinajstić information content (AvgIpc) is 2.95. The van der Waals surface area contributed by atoms with Crippen molar-refractivity contribution in [1.82, 2.24) is 14.5 Å². The number of nitrogens with zero attached hydrogens (tertiary/aromatic N) is 3. The van der Waals surface area contributed by atoms with Crippen LogP contribution < -0.4 is 0 Å². The molecule has 6 nitrogen and oxygen atoms in total. The van der Waals surface area contributed by atoms with E-state index < -0.39 is 0 Å². The van der Waals surface area contributed by atoms with E-state index in [4.69, 9.17) is 11.6 Å². The highest BCUT2D eigenvalue weighted by atomic mass is 35.5. The molecule has 0 unspecified atom stereocenters. The molecule has 0 aliphatic rings. The van der Waals surface area contributed by atoms with Crippen molar-refractivity contribution in [3.05, 3.63) is 57.9 Å². The third-order valence-corrected chi connectivity index (χ3v) is 5.22. The predicted octanol–water partition coefficient (Wildman–Crippen LogP) is 3.76. The molecule has 0 radical (unpaired) electrons. The maximum absolute atomic E-state index is 12.7. The number of fused-ring (bicyclic) bond motifs is 1. The van der Waals surface area contributed by atoms with Crippen LogP contribution in [0.1, 0.15) is 38.5 Å². The Morgan fingerprint density at radius 3 is 2.54 bits per heavy atom. The fourth-order valence-electron chi connectivity index (χ4n) is 3.21. The summed E-state index contributed by atoms with van der Waals surface area (Å²) in [5, 5.41) is 11.2. The Bertz CT molecular complexity index is 1090. The van der Waals surface area contributed by atoms with Crippen molar-refractivity contribution < 1.29 is 14.7 Å². The lowest BCUT2D eigenvalue weighted by atomic mass is 9.96. The summed E-state index contributed by atoms with van der Waals surface area (Å²) in [6.45, 7) is 1.83. The largest absolute Gasteiger partial charge is 0.505 e. The second-order valence-electron chi connectivity index (χ2n) is 6.94. The van der Waals surface area contributed by atoms with Gasteiger partial charge in [-0.05, 0) is 31.5 Å². The summed E-state index contributed by atoms with van der Waals surface area (Å²) in [5.41, 5.74) is 2.31. The molecular formula is C21H22ClN3O3. The number of imidazole rings is 1. The molecule has 0 spiro atoms. The minimum atomic E-state index is -0.240. The van der Waals surface area contributed by atoms with Crippen LogP contribution in [0.15, 0.2) is 30.3 Å². The van der Waals surface area contributed by atoms with Gasteiger partial charge in [-0.3, -0.25) is 9.59 Å². The summed E-state index contributed by atoms with van der Waals surface area (Å²) in [4.78, 5) is 31.2. The third kappa shape index (κ3) is 3.47. The Hall–Kier alpha value is -2.86. The molecule has 146 valence electrons. The smallest absolute Gasteiger partial charge is 0.253 e. The second-order valence-corrected chi connectivity index (χ2v) is 7.35. The monoisotopic (exact) mass is 399 g/mol. The van der Waals surface area contributed by atoms with E-state index in [0.717, 1.165) is 5.82 Å². The summed E-state index contributed by atoms with van der Waals surface area (Å²) >= 11 is 6.11. The van der Waals surface area contributed by atoms with Crippen LogP contribution in [0.5, 0.6) is 5.75 Å². The predicted molar refractivity (Wildman–Crippen MR) is 109 cm³/mol. The summed E-state index contributed by atoms with van der Waals surface area (Å²) in [6.07, 6.45) is 0.318. The minimum Gasteiger partial charge on any atom is -0.505 e. The Morgan fingerprint density at radius 2 is 1.89 bits per heavy atom. The van der Waals surface area contributed by atoms with Crippen LogP contribution in [0.4, 0.5) is 0 Å². The van der Waals surface area contributed by atoms with Gasteiger partial charge in [0.05, 0.1) is 10.5 Å². The molecule has 0 bridgehead atoms. The molecule has 0 saturated heterocycles. The molecule has 1 N–H and O–H groups in total. The van der Waals surface area contributed by atoms with Crippen molar-refractivity contribution >= 4 is 34.3 Å². The van der Waals surface area contributed by atoms with Crippen molar-refractivity contribution in [1.29, 1.82) is 0 Å². The molecule has 0 aliphatic heterocycles. The molecule has 2 aromatic carbocycles. The SMILES string of the molecule is Cc1nc2c(O)c(CCC(=O)c3ccccc3Cl)c(C(=O)N(C)C)cc2n1C. The molecule has 0 fully saturated rings. The number of phenols is 1. The van der Waals surface area contributed by atoms with Crippen molar-refractivity contribution in [2.45, 2.75) is 19.8 Å². The minimum absolute atomic E-state index is 0.0571. The molecule has 28 heavy (non-hydrogen) atoms. The van der Waals surface area contributed by atoms with E-state index in [1.165, 1.54) is 4.90 Å². The molecule has 0 aliphatic carbocycles. The lowest BCUT2D eigenvalue weighted by Crippen LogP contribution is -2.23. The zero-order valence-corrected chi connectivity index (χ0v) is 17.0. The first-order valence-corrected chi connectivity index (χ1v) is 9.27. The highest BCUT2D eigenvalue weighted by Crippen LogP contribution is 2.33. The first-order valence-electron chi connectivity index (χ1n) is 8.89. The van der Waals surface area contributed by atoms with Crippen LogP contribution in [0.3, 0.4) is 0 Å². The topological polar surface area (TPSA) is 75.4 Å². The van der Waals surface area contributed by atoms with Crippen LogP contribution in [0.25, 0.3) is 11.0 Å². The second kappa shape index (κ2) is 7.64. The maximum atomic E-state index is 12.7. The lowest BCUT2D eigenvalue weighted by Gasteiger charge is -2.16. The van der Waals surface area contributed by atoms with Crippen molar-refractivity contribution in [3.63, 3.8) is 0 Å².